The largest absolute Gasteiger partial charge is 0.378 e. The molecule has 0 aliphatic heterocycles. The summed E-state index contributed by atoms with van der Waals surface area (Å²) in [6.07, 6.45) is 0. The lowest BCUT2D eigenvalue weighted by Crippen LogP contribution is -2.33. The molecule has 0 aliphatic rings. The zero-order valence-corrected chi connectivity index (χ0v) is 19.0. The van der Waals surface area contributed by atoms with Crippen molar-refractivity contribution in [1.82, 2.24) is 0 Å². The average molecular weight is 552 g/mol. The summed E-state index contributed by atoms with van der Waals surface area (Å²) in [5.74, 6) is -0.150. The van der Waals surface area contributed by atoms with Crippen molar-refractivity contribution in [2.75, 3.05) is 18.5 Å². The van der Waals surface area contributed by atoms with Crippen LogP contribution in [0.4, 0.5) is 5.69 Å². The van der Waals surface area contributed by atoms with E-state index in [4.69, 9.17) is 39.0 Å². The lowest BCUT2D eigenvalue weighted by atomic mass is 10.3. The highest BCUT2D eigenvalue weighted by Crippen LogP contribution is 2.37. The van der Waals surface area contributed by atoms with Crippen molar-refractivity contribution in [3.8, 4) is 5.75 Å². The van der Waals surface area contributed by atoms with Crippen LogP contribution in [-0.2, 0) is 10.1 Å². The molecule has 136 valence electrons. The number of nitrogens with zero attached hydrogens (tertiary/aromatic N) is 1. The maximum Gasteiger partial charge on any atom is 0.324 e. The normalized spacial score (nSPS) is 12.7. The van der Waals surface area contributed by atoms with Gasteiger partial charge in [0.25, 0.3) is 0 Å². The lowest BCUT2D eigenvalue weighted by Gasteiger charge is -2.22. The van der Waals surface area contributed by atoms with Crippen molar-refractivity contribution in [2.24, 2.45) is 0 Å². The molecule has 0 saturated heterocycles. The minimum absolute atomic E-state index is 0.0158. The third kappa shape index (κ3) is 5.65. The van der Waals surface area contributed by atoms with Gasteiger partial charge in [-0.2, -0.15) is 8.42 Å². The number of halogens is 5. The van der Waals surface area contributed by atoms with Crippen LogP contribution in [-0.4, -0.2) is 26.2 Å². The molecule has 1 unspecified atom stereocenters. The van der Waals surface area contributed by atoms with Gasteiger partial charge in [0.05, 0.1) is 10.0 Å². The van der Waals surface area contributed by atoms with Crippen molar-refractivity contribution in [1.29, 1.82) is 0 Å². The first-order chi connectivity index (χ1) is 11.6. The smallest absolute Gasteiger partial charge is 0.324 e. The summed E-state index contributed by atoms with van der Waals surface area (Å²) >= 11 is 24.3. The predicted octanol–water partition coefficient (Wildman–Crippen LogP) is 5.98. The van der Waals surface area contributed by atoms with Crippen LogP contribution in [0.1, 0.15) is 0 Å². The Hall–Kier alpha value is -0.180. The molecular formula is C15H12Br2Cl3NO3S. The zero-order valence-electron chi connectivity index (χ0n) is 12.7. The van der Waals surface area contributed by atoms with Crippen LogP contribution in [0.3, 0.4) is 0 Å². The maximum atomic E-state index is 12.5. The van der Waals surface area contributed by atoms with Crippen LogP contribution >= 0.6 is 66.7 Å². The van der Waals surface area contributed by atoms with Crippen LogP contribution in [0.25, 0.3) is 0 Å². The van der Waals surface area contributed by atoms with Crippen LogP contribution in [0, 0.1) is 0 Å². The minimum Gasteiger partial charge on any atom is -0.378 e. The monoisotopic (exact) mass is 549 g/mol. The van der Waals surface area contributed by atoms with Gasteiger partial charge in [-0.1, -0.05) is 66.7 Å². The van der Waals surface area contributed by atoms with E-state index in [0.717, 1.165) is 10.2 Å². The molecule has 0 amide bonds. The SMILES string of the molecule is CN(CC(Br)S(=O)(=O)Oc1c(Cl)cc(Cl)cc1Cl)c1ccc(Br)cc1. The molecule has 0 radical (unpaired) electrons. The molecule has 25 heavy (non-hydrogen) atoms. The third-order valence-corrected chi connectivity index (χ3v) is 7.31. The van der Waals surface area contributed by atoms with Gasteiger partial charge in [0.1, 0.15) is 0 Å². The number of rotatable bonds is 6. The number of anilines is 1. The third-order valence-electron chi connectivity index (χ3n) is 3.16. The number of hydrogen-bond acceptors (Lipinski definition) is 4. The van der Waals surface area contributed by atoms with Gasteiger partial charge >= 0.3 is 10.1 Å². The maximum absolute atomic E-state index is 12.5. The summed E-state index contributed by atoms with van der Waals surface area (Å²) in [6, 6.07) is 10.2. The van der Waals surface area contributed by atoms with E-state index in [2.05, 4.69) is 31.9 Å². The van der Waals surface area contributed by atoms with E-state index in [-0.39, 0.29) is 27.4 Å². The molecule has 2 aromatic rings. The van der Waals surface area contributed by atoms with Gasteiger partial charge in [0.2, 0.25) is 0 Å². The molecule has 1 atom stereocenters. The fourth-order valence-corrected chi connectivity index (χ4v) is 4.72. The summed E-state index contributed by atoms with van der Waals surface area (Å²) in [4.78, 5) is 1.78. The molecule has 0 heterocycles. The van der Waals surface area contributed by atoms with Crippen LogP contribution in [0.5, 0.6) is 5.75 Å². The van der Waals surface area contributed by atoms with E-state index in [1.807, 2.05) is 24.3 Å². The van der Waals surface area contributed by atoms with Crippen LogP contribution in [0.2, 0.25) is 15.1 Å². The molecule has 0 bridgehead atoms. The van der Waals surface area contributed by atoms with Gasteiger partial charge in [-0.3, -0.25) is 0 Å². The van der Waals surface area contributed by atoms with Crippen LogP contribution < -0.4 is 9.08 Å². The van der Waals surface area contributed by atoms with Crippen LogP contribution in [0.15, 0.2) is 40.9 Å². The molecule has 0 spiro atoms. The number of benzene rings is 2. The molecule has 2 rings (SSSR count). The fourth-order valence-electron chi connectivity index (χ4n) is 1.88. The Morgan fingerprint density at radius 2 is 1.64 bits per heavy atom. The van der Waals surface area contributed by atoms with E-state index in [9.17, 15) is 8.42 Å². The molecule has 0 fully saturated rings. The van der Waals surface area contributed by atoms with E-state index >= 15 is 0 Å². The molecule has 4 nitrogen and oxygen atoms in total. The lowest BCUT2D eigenvalue weighted by molar-refractivity contribution is 0.483. The van der Waals surface area contributed by atoms with Gasteiger partial charge in [-0.05, 0) is 36.4 Å². The summed E-state index contributed by atoms with van der Waals surface area (Å²) in [5.41, 5.74) is 0.852. The summed E-state index contributed by atoms with van der Waals surface area (Å²) in [7, 11) is -2.26. The first kappa shape index (κ1) is 21.1. The van der Waals surface area contributed by atoms with Gasteiger partial charge in [-0.15, -0.1) is 0 Å². The van der Waals surface area contributed by atoms with E-state index in [1.165, 1.54) is 12.1 Å². The second-order valence-corrected chi connectivity index (χ2v) is 10.6. The molecule has 2 aromatic carbocycles. The van der Waals surface area contributed by atoms with Crippen molar-refractivity contribution in [3.05, 3.63) is 55.9 Å². The fraction of sp³-hybridized carbons (Fsp3) is 0.200. The molecule has 0 aliphatic carbocycles. The first-order valence-corrected chi connectivity index (χ1v) is 11.1. The van der Waals surface area contributed by atoms with Gasteiger partial charge in [-0.25, -0.2) is 0 Å². The number of hydrogen-bond donors (Lipinski definition) is 0. The molecule has 10 heteroatoms. The van der Waals surface area contributed by atoms with E-state index in [0.29, 0.717) is 0 Å². The second kappa shape index (κ2) is 8.67. The topological polar surface area (TPSA) is 46.6 Å². The Bertz CT molecular complexity index is 840. The number of alkyl halides is 1. The molecular weight excluding hydrogens is 540 g/mol. The Kier molecular flexibility index (Phi) is 7.33. The van der Waals surface area contributed by atoms with E-state index in [1.54, 1.807) is 11.9 Å². The summed E-state index contributed by atoms with van der Waals surface area (Å²) in [6.45, 7) is 0.146. The minimum atomic E-state index is -4.03. The van der Waals surface area contributed by atoms with Crippen molar-refractivity contribution >= 4 is 82.5 Å². The van der Waals surface area contributed by atoms with Gasteiger partial charge in [0, 0.05) is 28.8 Å². The molecule has 0 saturated carbocycles. The van der Waals surface area contributed by atoms with Crippen molar-refractivity contribution in [3.63, 3.8) is 0 Å². The molecule has 0 aromatic heterocycles. The quantitative estimate of drug-likeness (QED) is 0.327. The van der Waals surface area contributed by atoms with Crippen molar-refractivity contribution in [2.45, 2.75) is 4.16 Å². The standard InChI is InChI=1S/C15H12Br2Cl3NO3S/c1-21(11-4-2-9(16)3-5-11)8-14(17)25(22,23)24-15-12(19)6-10(18)7-13(15)20/h2-7,14H,8H2,1H3. The Morgan fingerprint density at radius 1 is 1.12 bits per heavy atom. The Morgan fingerprint density at radius 3 is 2.16 bits per heavy atom. The highest BCUT2D eigenvalue weighted by molar-refractivity contribution is 9.11. The highest BCUT2D eigenvalue weighted by Gasteiger charge is 2.28. The molecule has 0 N–H and O–H groups in total. The summed E-state index contributed by atoms with van der Waals surface area (Å²) < 4.78 is 29.9. The summed E-state index contributed by atoms with van der Waals surface area (Å²) in [5, 5.41) is 0.314. The zero-order chi connectivity index (χ0) is 18.8. The van der Waals surface area contributed by atoms with Gasteiger partial charge in [0.15, 0.2) is 9.91 Å². The van der Waals surface area contributed by atoms with Gasteiger partial charge < -0.3 is 9.08 Å². The Balaban J connectivity index is 2.15. The second-order valence-electron chi connectivity index (χ2n) is 5.04. The highest BCUT2D eigenvalue weighted by atomic mass is 79.9. The van der Waals surface area contributed by atoms with E-state index < -0.39 is 14.3 Å². The first-order valence-electron chi connectivity index (χ1n) is 6.79. The Labute approximate surface area is 178 Å². The average Bonchev–Trinajstić information content (AvgIpc) is 2.51. The predicted molar refractivity (Wildman–Crippen MR) is 111 cm³/mol. The van der Waals surface area contributed by atoms with Crippen molar-refractivity contribution < 1.29 is 12.6 Å².